The molecule has 0 aliphatic heterocycles. The van der Waals surface area contributed by atoms with Crippen LogP contribution in [0.25, 0.3) is 0 Å². The van der Waals surface area contributed by atoms with Gasteiger partial charge >= 0.3 is 0 Å². The van der Waals surface area contributed by atoms with E-state index in [-0.39, 0.29) is 24.2 Å². The zero-order valence-corrected chi connectivity index (χ0v) is 13.2. The van der Waals surface area contributed by atoms with Crippen LogP contribution in [-0.2, 0) is 6.61 Å². The minimum Gasteiger partial charge on any atom is -0.497 e. The first kappa shape index (κ1) is 15.9. The highest BCUT2D eigenvalue weighted by Gasteiger charge is 2.18. The molecule has 0 unspecified atom stereocenters. The van der Waals surface area contributed by atoms with E-state index < -0.39 is 0 Å². The van der Waals surface area contributed by atoms with Crippen molar-refractivity contribution < 1.29 is 18.8 Å². The van der Waals surface area contributed by atoms with Gasteiger partial charge in [0.05, 0.1) is 7.11 Å². The summed E-state index contributed by atoms with van der Waals surface area (Å²) in [6.07, 6.45) is 0. The van der Waals surface area contributed by atoms with Gasteiger partial charge in [-0.25, -0.2) is 0 Å². The van der Waals surface area contributed by atoms with Crippen LogP contribution in [0.1, 0.15) is 30.1 Å². The SMILES string of the molecule is COc1cccc(OCc2cc(C(=O)N(C)C(C)C)no2)c1. The summed E-state index contributed by atoms with van der Waals surface area (Å²) in [4.78, 5) is 13.7. The monoisotopic (exact) mass is 304 g/mol. The molecule has 22 heavy (non-hydrogen) atoms. The Labute approximate surface area is 129 Å². The van der Waals surface area contributed by atoms with Crippen molar-refractivity contribution in [3.63, 3.8) is 0 Å². The molecule has 1 amide bonds. The number of carbonyl (C=O) groups is 1. The van der Waals surface area contributed by atoms with Gasteiger partial charge in [0.15, 0.2) is 11.5 Å². The highest BCUT2D eigenvalue weighted by Crippen LogP contribution is 2.20. The molecule has 0 aliphatic rings. The summed E-state index contributed by atoms with van der Waals surface area (Å²) in [6, 6.07) is 8.95. The molecule has 6 heteroatoms. The fraction of sp³-hybridized carbons (Fsp3) is 0.375. The van der Waals surface area contributed by atoms with Crippen LogP contribution in [0.2, 0.25) is 0 Å². The molecule has 0 N–H and O–H groups in total. The molecule has 0 fully saturated rings. The molecule has 2 rings (SSSR count). The molecule has 0 spiro atoms. The Bertz CT molecular complexity index is 637. The van der Waals surface area contributed by atoms with Gasteiger partial charge in [-0.2, -0.15) is 0 Å². The lowest BCUT2D eigenvalue weighted by Gasteiger charge is -2.19. The number of amides is 1. The third-order valence-electron chi connectivity index (χ3n) is 3.30. The van der Waals surface area contributed by atoms with Crippen LogP contribution in [0, 0.1) is 0 Å². The standard InChI is InChI=1S/C16H20N2O4/c1-11(2)18(3)16(19)15-9-14(22-17-15)10-21-13-7-5-6-12(8-13)20-4/h5-9,11H,10H2,1-4H3. The van der Waals surface area contributed by atoms with Crippen molar-refractivity contribution in [3.8, 4) is 11.5 Å². The van der Waals surface area contributed by atoms with Crippen LogP contribution in [0.4, 0.5) is 0 Å². The molecule has 0 bridgehead atoms. The third kappa shape index (κ3) is 3.78. The average Bonchev–Trinajstić information content (AvgIpc) is 3.00. The van der Waals surface area contributed by atoms with Crippen LogP contribution in [0.15, 0.2) is 34.9 Å². The Morgan fingerprint density at radius 3 is 2.73 bits per heavy atom. The number of nitrogens with zero attached hydrogens (tertiary/aromatic N) is 2. The van der Waals surface area contributed by atoms with Crippen LogP contribution in [0.3, 0.4) is 0 Å². The summed E-state index contributed by atoms with van der Waals surface area (Å²) in [6.45, 7) is 4.06. The number of hydrogen-bond donors (Lipinski definition) is 0. The molecule has 118 valence electrons. The Balaban J connectivity index is 1.98. The van der Waals surface area contributed by atoms with E-state index in [9.17, 15) is 4.79 Å². The molecule has 2 aromatic rings. The van der Waals surface area contributed by atoms with Gasteiger partial charge in [-0.1, -0.05) is 11.2 Å². The van der Waals surface area contributed by atoms with E-state index in [1.165, 1.54) is 0 Å². The molecule has 0 saturated carbocycles. The molecule has 6 nitrogen and oxygen atoms in total. The maximum Gasteiger partial charge on any atom is 0.276 e. The predicted octanol–water partition coefficient (Wildman–Crippen LogP) is 2.74. The molecule has 0 radical (unpaired) electrons. The molecular formula is C16H20N2O4. The maximum atomic E-state index is 12.1. The maximum absolute atomic E-state index is 12.1. The number of carbonyl (C=O) groups excluding carboxylic acids is 1. The second-order valence-electron chi connectivity index (χ2n) is 5.16. The normalized spacial score (nSPS) is 10.6. The number of benzene rings is 1. The highest BCUT2D eigenvalue weighted by molar-refractivity contribution is 5.92. The van der Waals surface area contributed by atoms with Crippen LogP contribution in [-0.4, -0.2) is 36.2 Å². The van der Waals surface area contributed by atoms with Gasteiger partial charge in [0.25, 0.3) is 5.91 Å². The fourth-order valence-corrected chi connectivity index (χ4v) is 1.74. The molecular weight excluding hydrogens is 284 g/mol. The first-order valence-electron chi connectivity index (χ1n) is 7.01. The zero-order chi connectivity index (χ0) is 16.1. The summed E-state index contributed by atoms with van der Waals surface area (Å²) in [5.74, 6) is 1.68. The number of ether oxygens (including phenoxy) is 2. The number of aromatic nitrogens is 1. The highest BCUT2D eigenvalue weighted by atomic mass is 16.5. The quantitative estimate of drug-likeness (QED) is 0.821. The summed E-state index contributed by atoms with van der Waals surface area (Å²) < 4.78 is 15.9. The lowest BCUT2D eigenvalue weighted by Crippen LogP contribution is -2.33. The van der Waals surface area contributed by atoms with E-state index in [1.54, 1.807) is 31.2 Å². The smallest absolute Gasteiger partial charge is 0.276 e. The van der Waals surface area contributed by atoms with Gasteiger partial charge in [0, 0.05) is 25.2 Å². The first-order valence-corrected chi connectivity index (χ1v) is 7.01. The number of hydrogen-bond acceptors (Lipinski definition) is 5. The minimum absolute atomic E-state index is 0.0979. The topological polar surface area (TPSA) is 64.8 Å². The second kappa shape index (κ2) is 6.98. The summed E-state index contributed by atoms with van der Waals surface area (Å²) in [7, 11) is 3.33. The summed E-state index contributed by atoms with van der Waals surface area (Å²) >= 11 is 0. The molecule has 1 heterocycles. The minimum atomic E-state index is -0.175. The van der Waals surface area contributed by atoms with Crippen molar-refractivity contribution in [1.29, 1.82) is 0 Å². The molecule has 0 saturated heterocycles. The molecule has 0 atom stereocenters. The van der Waals surface area contributed by atoms with E-state index in [0.29, 0.717) is 17.3 Å². The van der Waals surface area contributed by atoms with Crippen molar-refractivity contribution in [3.05, 3.63) is 41.8 Å². The summed E-state index contributed by atoms with van der Waals surface area (Å²) in [5, 5.41) is 3.79. The van der Waals surface area contributed by atoms with Crippen molar-refractivity contribution in [2.45, 2.75) is 26.5 Å². The third-order valence-corrected chi connectivity index (χ3v) is 3.30. The van der Waals surface area contributed by atoms with Gasteiger partial charge in [0.1, 0.15) is 18.1 Å². The Hall–Kier alpha value is -2.50. The molecule has 1 aromatic carbocycles. The van der Waals surface area contributed by atoms with Gasteiger partial charge in [0.2, 0.25) is 0 Å². The van der Waals surface area contributed by atoms with E-state index in [1.807, 2.05) is 32.0 Å². The van der Waals surface area contributed by atoms with Crippen LogP contribution in [0.5, 0.6) is 11.5 Å². The Kier molecular flexibility index (Phi) is 5.04. The first-order chi connectivity index (χ1) is 10.5. The molecule has 0 aliphatic carbocycles. The van der Waals surface area contributed by atoms with E-state index in [4.69, 9.17) is 14.0 Å². The van der Waals surface area contributed by atoms with Gasteiger partial charge < -0.3 is 18.9 Å². The van der Waals surface area contributed by atoms with Gasteiger partial charge in [-0.05, 0) is 26.0 Å². The van der Waals surface area contributed by atoms with Gasteiger partial charge in [-0.3, -0.25) is 4.79 Å². The van der Waals surface area contributed by atoms with Crippen molar-refractivity contribution in [2.24, 2.45) is 0 Å². The predicted molar refractivity (Wildman–Crippen MR) is 81.1 cm³/mol. The van der Waals surface area contributed by atoms with Crippen molar-refractivity contribution >= 4 is 5.91 Å². The Morgan fingerprint density at radius 2 is 2.05 bits per heavy atom. The van der Waals surface area contributed by atoms with Crippen molar-refractivity contribution in [1.82, 2.24) is 10.1 Å². The van der Waals surface area contributed by atoms with Crippen molar-refractivity contribution in [2.75, 3.05) is 14.2 Å². The van der Waals surface area contributed by atoms with E-state index in [2.05, 4.69) is 5.16 Å². The second-order valence-corrected chi connectivity index (χ2v) is 5.16. The van der Waals surface area contributed by atoms with Crippen LogP contribution >= 0.6 is 0 Å². The van der Waals surface area contributed by atoms with Gasteiger partial charge in [-0.15, -0.1) is 0 Å². The Morgan fingerprint density at radius 1 is 1.32 bits per heavy atom. The van der Waals surface area contributed by atoms with Crippen LogP contribution < -0.4 is 9.47 Å². The van der Waals surface area contributed by atoms with E-state index in [0.717, 1.165) is 0 Å². The summed E-state index contributed by atoms with van der Waals surface area (Å²) in [5.41, 5.74) is 0.278. The fourth-order valence-electron chi connectivity index (χ4n) is 1.74. The largest absolute Gasteiger partial charge is 0.497 e. The number of methoxy groups -OCH3 is 1. The zero-order valence-electron chi connectivity index (χ0n) is 13.2. The lowest BCUT2D eigenvalue weighted by molar-refractivity contribution is 0.0744. The molecule has 1 aromatic heterocycles. The van der Waals surface area contributed by atoms with E-state index >= 15 is 0 Å². The average molecular weight is 304 g/mol. The lowest BCUT2D eigenvalue weighted by atomic mass is 10.3. The number of rotatable bonds is 6.